The molecule has 0 saturated carbocycles. The zero-order valence-electron chi connectivity index (χ0n) is 28.2. The van der Waals surface area contributed by atoms with Crippen LogP contribution in [0.1, 0.15) is 11.1 Å². The molecular weight excluding hydrogens is 741 g/mol. The Bertz CT molecular complexity index is 2370. The van der Waals surface area contributed by atoms with Gasteiger partial charge in [-0.25, -0.2) is 0 Å². The quantitative estimate of drug-likeness (QED) is 0.0573. The first-order chi connectivity index (χ1) is 25.9. The third-order valence-electron chi connectivity index (χ3n) is 7.19. The molecule has 0 saturated heterocycles. The molecular formula is C34H30N10O8S2. The number of ether oxygens (including phenoxy) is 2. The molecule has 2 aromatic heterocycles. The van der Waals surface area contributed by atoms with Crippen molar-refractivity contribution in [3.8, 4) is 12.0 Å². The molecule has 6 N–H and O–H groups in total. The van der Waals surface area contributed by atoms with Crippen LogP contribution in [-0.2, 0) is 20.2 Å². The van der Waals surface area contributed by atoms with E-state index in [1.54, 1.807) is 24.3 Å². The van der Waals surface area contributed by atoms with Crippen molar-refractivity contribution < 1.29 is 35.4 Å². The molecule has 18 nitrogen and oxygen atoms in total. The normalized spacial score (nSPS) is 11.6. The van der Waals surface area contributed by atoms with Gasteiger partial charge in [-0.3, -0.25) is 9.11 Å². The van der Waals surface area contributed by atoms with E-state index in [9.17, 15) is 25.9 Å². The van der Waals surface area contributed by atoms with Gasteiger partial charge in [0.05, 0.1) is 14.2 Å². The summed E-state index contributed by atoms with van der Waals surface area (Å²) in [5.74, 6) is 0.268. The summed E-state index contributed by atoms with van der Waals surface area (Å²) in [4.78, 5) is 24.2. The maximum Gasteiger partial charge on any atom is 0.322 e. The lowest BCUT2D eigenvalue weighted by Gasteiger charge is -2.12. The summed E-state index contributed by atoms with van der Waals surface area (Å²) in [5, 5.41) is 11.8. The molecule has 6 rings (SSSR count). The first-order valence-corrected chi connectivity index (χ1v) is 18.4. The van der Waals surface area contributed by atoms with Gasteiger partial charge in [0.15, 0.2) is 0 Å². The zero-order valence-corrected chi connectivity index (χ0v) is 29.9. The van der Waals surface area contributed by atoms with Crippen molar-refractivity contribution in [3.63, 3.8) is 0 Å². The molecule has 2 heterocycles. The van der Waals surface area contributed by atoms with Gasteiger partial charge in [0.25, 0.3) is 20.2 Å². The number of nitrogens with one attached hydrogen (secondary N) is 4. The molecule has 0 aliphatic rings. The number of benzene rings is 4. The van der Waals surface area contributed by atoms with Crippen LogP contribution in [0.15, 0.2) is 107 Å². The van der Waals surface area contributed by atoms with Gasteiger partial charge in [-0.05, 0) is 59.7 Å². The van der Waals surface area contributed by atoms with Crippen molar-refractivity contribution in [2.45, 2.75) is 9.79 Å². The van der Waals surface area contributed by atoms with E-state index in [4.69, 9.17) is 9.47 Å². The van der Waals surface area contributed by atoms with Crippen LogP contribution < -0.4 is 30.7 Å². The van der Waals surface area contributed by atoms with E-state index < -0.39 is 30.0 Å². The summed E-state index contributed by atoms with van der Waals surface area (Å²) in [7, 11) is -6.90. The van der Waals surface area contributed by atoms with Crippen LogP contribution in [0.2, 0.25) is 0 Å². The second-order valence-corrected chi connectivity index (χ2v) is 13.7. The molecule has 0 bridgehead atoms. The van der Waals surface area contributed by atoms with E-state index in [-0.39, 0.29) is 58.3 Å². The number of aromatic nitrogens is 6. The summed E-state index contributed by atoms with van der Waals surface area (Å²) in [5.41, 5.74) is 1.70. The fourth-order valence-corrected chi connectivity index (χ4v) is 6.22. The molecule has 6 aromatic rings. The molecule has 0 unspecified atom stereocenters. The summed E-state index contributed by atoms with van der Waals surface area (Å²) >= 11 is 0. The minimum absolute atomic E-state index is 0.00403. The third-order valence-corrected chi connectivity index (χ3v) is 9.01. The Kier molecular flexibility index (Phi) is 10.9. The third kappa shape index (κ3) is 9.57. The first-order valence-electron chi connectivity index (χ1n) is 15.6. The Morgan fingerprint density at radius 1 is 0.481 bits per heavy atom. The largest absolute Gasteiger partial charge is 0.467 e. The summed E-state index contributed by atoms with van der Waals surface area (Å²) in [6.07, 6.45) is 2.52. The van der Waals surface area contributed by atoms with E-state index in [0.29, 0.717) is 11.4 Å². The number of nitrogens with zero attached hydrogens (tertiary/aromatic N) is 6. The molecule has 0 atom stereocenters. The Morgan fingerprint density at radius 3 is 1.13 bits per heavy atom. The van der Waals surface area contributed by atoms with Crippen LogP contribution in [0.25, 0.3) is 12.2 Å². The lowest BCUT2D eigenvalue weighted by Crippen LogP contribution is -2.07. The maximum absolute atomic E-state index is 12.5. The second-order valence-electron chi connectivity index (χ2n) is 11.0. The van der Waals surface area contributed by atoms with E-state index in [0.717, 1.165) is 12.1 Å². The fourth-order valence-electron chi connectivity index (χ4n) is 4.80. The number of para-hydroxylation sites is 2. The van der Waals surface area contributed by atoms with Gasteiger partial charge in [0.1, 0.15) is 9.79 Å². The first kappa shape index (κ1) is 37.0. The molecule has 0 amide bonds. The van der Waals surface area contributed by atoms with Crippen LogP contribution >= 0.6 is 0 Å². The number of anilines is 8. The molecule has 54 heavy (non-hydrogen) atoms. The van der Waals surface area contributed by atoms with Crippen LogP contribution in [0.4, 0.5) is 46.5 Å². The molecule has 4 aromatic carbocycles. The van der Waals surface area contributed by atoms with E-state index in [1.165, 1.54) is 50.6 Å². The van der Waals surface area contributed by atoms with Crippen molar-refractivity contribution in [1.29, 1.82) is 0 Å². The molecule has 0 spiro atoms. The fraction of sp³-hybridized carbons (Fsp3) is 0.0588. The average Bonchev–Trinajstić information content (AvgIpc) is 3.14. The summed E-state index contributed by atoms with van der Waals surface area (Å²) in [6.45, 7) is 0. The van der Waals surface area contributed by atoms with Crippen LogP contribution in [0, 0.1) is 0 Å². The smallest absolute Gasteiger partial charge is 0.322 e. The highest BCUT2D eigenvalue weighted by Crippen LogP contribution is 2.29. The van der Waals surface area contributed by atoms with Crippen molar-refractivity contribution in [2.75, 3.05) is 35.5 Å². The zero-order chi connectivity index (χ0) is 38.3. The molecule has 276 valence electrons. The molecule has 20 heteroatoms. The number of rotatable bonds is 14. The van der Waals surface area contributed by atoms with E-state index in [1.807, 2.05) is 36.4 Å². The predicted molar refractivity (Wildman–Crippen MR) is 200 cm³/mol. The van der Waals surface area contributed by atoms with Gasteiger partial charge in [-0.15, -0.1) is 0 Å². The highest BCUT2D eigenvalue weighted by molar-refractivity contribution is 7.86. The number of hydrogen-bond donors (Lipinski definition) is 6. The van der Waals surface area contributed by atoms with Crippen LogP contribution in [-0.4, -0.2) is 70.1 Å². The minimum Gasteiger partial charge on any atom is -0.467 e. The standard InChI is InChI=1S/C34H30N10O8S2/c1-51-33-41-29(35-23-9-5-3-6-10-23)39-31(43-33)37-25-17-15-21(27(19-25)53(45,46)47)13-14-22-16-18-26(20-28(22)54(48,49)50)38-32-40-30(42-34(44-32)52-2)36-24-11-7-4-8-12-24/h3-20H,1-2H3,(H,45,46,47)(H,48,49,50)(H2,35,37,39,41,43)(H2,36,38,40,42,44)/b14-13+. The van der Waals surface area contributed by atoms with Gasteiger partial charge >= 0.3 is 12.0 Å². The second kappa shape index (κ2) is 15.9. The Morgan fingerprint density at radius 2 is 0.815 bits per heavy atom. The lowest BCUT2D eigenvalue weighted by molar-refractivity contribution is 0.379. The SMILES string of the molecule is COc1nc(Nc2ccccc2)nc(Nc2ccc(/C=C/c3ccc(Nc4nc(Nc5ccccc5)nc(OC)n4)cc3S(=O)(=O)O)c(S(=O)(=O)O)c2)n1. The topological polar surface area (TPSA) is 253 Å². The average molecular weight is 771 g/mol. The Balaban J connectivity index is 1.26. The highest BCUT2D eigenvalue weighted by atomic mass is 32.2. The van der Waals surface area contributed by atoms with Crippen LogP contribution in [0.5, 0.6) is 12.0 Å². The van der Waals surface area contributed by atoms with Crippen molar-refractivity contribution in [3.05, 3.63) is 108 Å². The van der Waals surface area contributed by atoms with Gasteiger partial charge in [-0.2, -0.15) is 46.7 Å². The van der Waals surface area contributed by atoms with Gasteiger partial charge in [0.2, 0.25) is 23.8 Å². The van der Waals surface area contributed by atoms with Crippen molar-refractivity contribution in [2.24, 2.45) is 0 Å². The molecule has 0 aliphatic heterocycles. The van der Waals surface area contributed by atoms with Gasteiger partial charge < -0.3 is 30.7 Å². The maximum atomic E-state index is 12.5. The Hall–Kier alpha value is -6.74. The van der Waals surface area contributed by atoms with Gasteiger partial charge in [-0.1, -0.05) is 60.7 Å². The minimum atomic E-state index is -4.82. The molecule has 0 aliphatic carbocycles. The molecule has 0 radical (unpaired) electrons. The van der Waals surface area contributed by atoms with Crippen molar-refractivity contribution in [1.82, 2.24) is 29.9 Å². The van der Waals surface area contributed by atoms with E-state index >= 15 is 0 Å². The highest BCUT2D eigenvalue weighted by Gasteiger charge is 2.19. The van der Waals surface area contributed by atoms with Crippen LogP contribution in [0.3, 0.4) is 0 Å². The summed E-state index contributed by atoms with van der Waals surface area (Å²) in [6, 6.07) is 26.1. The lowest BCUT2D eigenvalue weighted by atomic mass is 10.1. The summed E-state index contributed by atoms with van der Waals surface area (Å²) < 4.78 is 80.6. The number of hydrogen-bond acceptors (Lipinski definition) is 16. The number of methoxy groups -OCH3 is 2. The van der Waals surface area contributed by atoms with E-state index in [2.05, 4.69) is 51.2 Å². The monoisotopic (exact) mass is 770 g/mol. The van der Waals surface area contributed by atoms with Gasteiger partial charge in [0, 0.05) is 22.7 Å². The van der Waals surface area contributed by atoms with Crippen molar-refractivity contribution >= 4 is 78.9 Å². The predicted octanol–water partition coefficient (Wildman–Crippen LogP) is 5.71. The molecule has 0 fully saturated rings. The Labute approximate surface area is 308 Å².